The van der Waals surface area contributed by atoms with E-state index < -0.39 is 14.2 Å². The molecule has 0 spiro atoms. The van der Waals surface area contributed by atoms with Gasteiger partial charge in [-0.3, -0.25) is 4.79 Å². The standard InChI is InChI=1S/C7H6BrNO3S/c8-13(11,12)6-4-2-1-3-5(6)7(9)10/h1-4H,(H2,9,10). The Bertz CT molecular complexity index is 441. The Morgan fingerprint density at radius 1 is 1.31 bits per heavy atom. The van der Waals surface area contributed by atoms with E-state index in [-0.39, 0.29) is 10.5 Å². The number of benzene rings is 1. The highest BCUT2D eigenvalue weighted by Gasteiger charge is 2.16. The molecule has 0 aliphatic heterocycles. The van der Waals surface area contributed by atoms with Gasteiger partial charge in [0.25, 0.3) is 0 Å². The Hall–Kier alpha value is -0.880. The number of carbonyl (C=O) groups is 1. The Morgan fingerprint density at radius 2 is 1.85 bits per heavy atom. The largest absolute Gasteiger partial charge is 0.366 e. The smallest absolute Gasteiger partial charge is 0.250 e. The molecule has 0 saturated heterocycles. The molecule has 13 heavy (non-hydrogen) atoms. The molecule has 1 aromatic carbocycles. The number of carbonyl (C=O) groups excluding carboxylic acids is 1. The van der Waals surface area contributed by atoms with Crippen molar-refractivity contribution in [2.45, 2.75) is 4.90 Å². The molecular weight excluding hydrogens is 258 g/mol. The lowest BCUT2D eigenvalue weighted by molar-refractivity contribution is 0.0997. The van der Waals surface area contributed by atoms with Crippen molar-refractivity contribution >= 4 is 29.0 Å². The van der Waals surface area contributed by atoms with Crippen LogP contribution in [-0.4, -0.2) is 14.3 Å². The molecule has 0 atom stereocenters. The van der Waals surface area contributed by atoms with Crippen LogP contribution in [0.1, 0.15) is 10.4 Å². The summed E-state index contributed by atoms with van der Waals surface area (Å²) in [6.45, 7) is 0. The van der Waals surface area contributed by atoms with E-state index in [2.05, 4.69) is 14.8 Å². The van der Waals surface area contributed by atoms with Crippen LogP contribution in [0.3, 0.4) is 0 Å². The zero-order chi connectivity index (χ0) is 10.1. The van der Waals surface area contributed by atoms with E-state index in [1.165, 1.54) is 18.2 Å². The zero-order valence-corrected chi connectivity index (χ0v) is 8.80. The summed E-state index contributed by atoms with van der Waals surface area (Å²) in [5.74, 6) is -0.765. The minimum absolute atomic E-state index is 0.0145. The van der Waals surface area contributed by atoms with Gasteiger partial charge in [-0.2, -0.15) is 0 Å². The zero-order valence-electron chi connectivity index (χ0n) is 6.40. The van der Waals surface area contributed by atoms with Crippen molar-refractivity contribution in [2.75, 3.05) is 0 Å². The molecule has 1 amide bonds. The number of hydrogen-bond donors (Lipinski definition) is 1. The van der Waals surface area contributed by atoms with E-state index in [4.69, 9.17) is 5.73 Å². The van der Waals surface area contributed by atoms with Gasteiger partial charge in [0.1, 0.15) is 0 Å². The van der Waals surface area contributed by atoms with Crippen molar-refractivity contribution in [2.24, 2.45) is 5.73 Å². The summed E-state index contributed by atoms with van der Waals surface area (Å²) in [7, 11) is -3.57. The predicted molar refractivity (Wildman–Crippen MR) is 51.1 cm³/mol. The first-order valence-electron chi connectivity index (χ1n) is 3.26. The van der Waals surface area contributed by atoms with Gasteiger partial charge in [-0.1, -0.05) is 12.1 Å². The van der Waals surface area contributed by atoms with Crippen molar-refractivity contribution in [3.8, 4) is 0 Å². The fourth-order valence-electron chi connectivity index (χ4n) is 0.883. The van der Waals surface area contributed by atoms with E-state index in [1.807, 2.05) is 0 Å². The van der Waals surface area contributed by atoms with Crippen molar-refractivity contribution in [3.63, 3.8) is 0 Å². The molecule has 0 fully saturated rings. The third-order valence-corrected chi connectivity index (χ3v) is 3.34. The number of primary amides is 1. The van der Waals surface area contributed by atoms with Crippen LogP contribution >= 0.6 is 14.8 Å². The van der Waals surface area contributed by atoms with E-state index in [1.54, 1.807) is 6.07 Å². The van der Waals surface area contributed by atoms with Crippen molar-refractivity contribution in [1.29, 1.82) is 0 Å². The highest BCUT2D eigenvalue weighted by molar-refractivity contribution is 9.47. The SMILES string of the molecule is NC(=O)c1ccccc1S(=O)(=O)Br. The summed E-state index contributed by atoms with van der Waals surface area (Å²) in [6.07, 6.45) is 0. The normalized spacial score (nSPS) is 11.2. The topological polar surface area (TPSA) is 77.2 Å². The molecule has 4 nitrogen and oxygen atoms in total. The van der Waals surface area contributed by atoms with Crippen LogP contribution in [0.15, 0.2) is 29.2 Å². The average molecular weight is 264 g/mol. The van der Waals surface area contributed by atoms with Crippen LogP contribution in [0.2, 0.25) is 0 Å². The number of halogens is 1. The number of nitrogens with two attached hydrogens (primary N) is 1. The first-order chi connectivity index (χ1) is 5.93. The predicted octanol–water partition coefficient (Wildman–Crippen LogP) is 0.869. The van der Waals surface area contributed by atoms with Crippen molar-refractivity contribution in [1.82, 2.24) is 0 Å². The summed E-state index contributed by atoms with van der Waals surface area (Å²) in [5.41, 5.74) is 4.97. The molecule has 0 unspecified atom stereocenters. The quantitative estimate of drug-likeness (QED) is 0.805. The maximum Gasteiger partial charge on any atom is 0.250 e. The number of hydrogen-bond acceptors (Lipinski definition) is 3. The van der Waals surface area contributed by atoms with Crippen molar-refractivity contribution < 1.29 is 13.2 Å². The summed E-state index contributed by atoms with van der Waals surface area (Å²) in [5, 5.41) is 0. The second-order valence-electron chi connectivity index (χ2n) is 2.30. The molecule has 0 bridgehead atoms. The van der Waals surface area contributed by atoms with Gasteiger partial charge >= 0.3 is 0 Å². The highest BCUT2D eigenvalue weighted by Crippen LogP contribution is 2.20. The van der Waals surface area contributed by atoms with Gasteiger partial charge in [-0.25, -0.2) is 8.42 Å². The third kappa shape index (κ3) is 2.28. The van der Waals surface area contributed by atoms with Crippen molar-refractivity contribution in [3.05, 3.63) is 29.8 Å². The molecule has 2 N–H and O–H groups in total. The van der Waals surface area contributed by atoms with Crippen LogP contribution < -0.4 is 5.73 Å². The molecule has 0 aliphatic rings. The Labute approximate surface area is 82.9 Å². The van der Waals surface area contributed by atoms with E-state index >= 15 is 0 Å². The molecule has 1 aromatic rings. The summed E-state index contributed by atoms with van der Waals surface area (Å²) >= 11 is 2.47. The maximum absolute atomic E-state index is 11.1. The van der Waals surface area contributed by atoms with Crippen LogP contribution in [-0.2, 0) is 8.27 Å². The van der Waals surface area contributed by atoms with E-state index in [0.717, 1.165) is 0 Å². The van der Waals surface area contributed by atoms with Gasteiger partial charge in [0.15, 0.2) is 0 Å². The fourth-order valence-corrected chi connectivity index (χ4v) is 2.40. The van der Waals surface area contributed by atoms with Gasteiger partial charge in [0.05, 0.1) is 25.3 Å². The molecule has 0 aromatic heterocycles. The molecule has 0 aliphatic carbocycles. The molecule has 1 rings (SSSR count). The highest BCUT2D eigenvalue weighted by atomic mass is 79.9. The third-order valence-electron chi connectivity index (χ3n) is 1.42. The lowest BCUT2D eigenvalue weighted by Crippen LogP contribution is -2.14. The summed E-state index contributed by atoms with van der Waals surface area (Å²) in [4.78, 5) is 10.7. The maximum atomic E-state index is 11.1. The average Bonchev–Trinajstić information content (AvgIpc) is 2.03. The van der Waals surface area contributed by atoms with Gasteiger partial charge in [0.2, 0.25) is 14.2 Å². The van der Waals surface area contributed by atoms with Gasteiger partial charge in [-0.05, 0) is 12.1 Å². The monoisotopic (exact) mass is 263 g/mol. The number of rotatable bonds is 2. The van der Waals surface area contributed by atoms with Gasteiger partial charge < -0.3 is 5.73 Å². The number of amides is 1. The Balaban J connectivity index is 3.46. The lowest BCUT2D eigenvalue weighted by atomic mass is 10.2. The second kappa shape index (κ2) is 3.47. The fraction of sp³-hybridized carbons (Fsp3) is 0. The van der Waals surface area contributed by atoms with Crippen LogP contribution in [0.25, 0.3) is 0 Å². The minimum atomic E-state index is -3.57. The first kappa shape index (κ1) is 10.2. The molecular formula is C7H6BrNO3S. The minimum Gasteiger partial charge on any atom is -0.366 e. The Kier molecular flexibility index (Phi) is 2.72. The van der Waals surface area contributed by atoms with Gasteiger partial charge in [0, 0.05) is 0 Å². The molecule has 0 heterocycles. The first-order valence-corrected chi connectivity index (χ1v) is 6.59. The van der Waals surface area contributed by atoms with E-state index in [0.29, 0.717) is 0 Å². The Morgan fingerprint density at radius 3 is 2.23 bits per heavy atom. The molecule has 0 radical (unpaired) electrons. The molecule has 6 heteroatoms. The second-order valence-corrected chi connectivity index (χ2v) is 6.17. The van der Waals surface area contributed by atoms with Gasteiger partial charge in [-0.15, -0.1) is 0 Å². The van der Waals surface area contributed by atoms with E-state index in [9.17, 15) is 13.2 Å². The molecule has 70 valence electrons. The van der Waals surface area contributed by atoms with Crippen LogP contribution in [0.5, 0.6) is 0 Å². The lowest BCUT2D eigenvalue weighted by Gasteiger charge is -2.01. The summed E-state index contributed by atoms with van der Waals surface area (Å²) in [6, 6.07) is 5.73. The molecule has 0 saturated carbocycles. The van der Waals surface area contributed by atoms with Crippen LogP contribution in [0, 0.1) is 0 Å². The summed E-state index contributed by atoms with van der Waals surface area (Å²) < 4.78 is 22.1. The van der Waals surface area contributed by atoms with Crippen LogP contribution in [0.4, 0.5) is 0 Å².